The summed E-state index contributed by atoms with van der Waals surface area (Å²) in [6.07, 6.45) is 2.72. The standard InChI is InChI=1S/C12H26N2/c1-5-14(10-11(2)3)12-6-8-13(4)9-7-12/h11-12H,5-10H2,1-4H3. The van der Waals surface area contributed by atoms with E-state index in [1.165, 1.54) is 39.0 Å². The van der Waals surface area contributed by atoms with Gasteiger partial charge in [-0.1, -0.05) is 20.8 Å². The Morgan fingerprint density at radius 3 is 2.29 bits per heavy atom. The molecule has 0 radical (unpaired) electrons. The van der Waals surface area contributed by atoms with E-state index in [1.807, 2.05) is 0 Å². The number of nitrogens with zero attached hydrogens (tertiary/aromatic N) is 2. The van der Waals surface area contributed by atoms with Gasteiger partial charge in [-0.25, -0.2) is 0 Å². The average Bonchev–Trinajstić information content (AvgIpc) is 2.15. The summed E-state index contributed by atoms with van der Waals surface area (Å²) < 4.78 is 0. The molecule has 0 atom stereocenters. The van der Waals surface area contributed by atoms with E-state index >= 15 is 0 Å². The maximum Gasteiger partial charge on any atom is 0.0120 e. The van der Waals surface area contributed by atoms with Crippen molar-refractivity contribution in [2.75, 3.05) is 33.2 Å². The van der Waals surface area contributed by atoms with E-state index in [4.69, 9.17) is 0 Å². The maximum atomic E-state index is 2.66. The SMILES string of the molecule is CCN(CC(C)C)C1CCN(C)CC1. The zero-order valence-corrected chi connectivity index (χ0v) is 10.3. The molecule has 2 heteroatoms. The van der Waals surface area contributed by atoms with Crippen molar-refractivity contribution >= 4 is 0 Å². The Morgan fingerprint density at radius 1 is 1.29 bits per heavy atom. The largest absolute Gasteiger partial charge is 0.306 e. The average molecular weight is 198 g/mol. The first kappa shape index (κ1) is 12.0. The normalized spacial score (nSPS) is 21.0. The third-order valence-corrected chi connectivity index (χ3v) is 3.21. The van der Waals surface area contributed by atoms with Gasteiger partial charge < -0.3 is 9.80 Å². The molecule has 0 amide bonds. The van der Waals surface area contributed by atoms with Crippen LogP contribution >= 0.6 is 0 Å². The van der Waals surface area contributed by atoms with E-state index in [9.17, 15) is 0 Å². The molecule has 2 nitrogen and oxygen atoms in total. The third-order valence-electron chi connectivity index (χ3n) is 3.21. The molecule has 1 aliphatic heterocycles. The van der Waals surface area contributed by atoms with Crippen LogP contribution in [0.1, 0.15) is 33.6 Å². The second kappa shape index (κ2) is 5.72. The minimum absolute atomic E-state index is 0.801. The lowest BCUT2D eigenvalue weighted by molar-refractivity contribution is 0.115. The molecule has 0 spiro atoms. The summed E-state index contributed by atoms with van der Waals surface area (Å²) in [6, 6.07) is 0.846. The van der Waals surface area contributed by atoms with Crippen molar-refractivity contribution in [1.29, 1.82) is 0 Å². The highest BCUT2D eigenvalue weighted by Crippen LogP contribution is 2.16. The molecule has 1 fully saturated rings. The Morgan fingerprint density at radius 2 is 1.86 bits per heavy atom. The Labute approximate surface area is 89.3 Å². The smallest absolute Gasteiger partial charge is 0.0120 e. The molecule has 1 aliphatic rings. The minimum atomic E-state index is 0.801. The maximum absolute atomic E-state index is 2.66. The van der Waals surface area contributed by atoms with E-state index in [2.05, 4.69) is 37.6 Å². The van der Waals surface area contributed by atoms with E-state index in [0.717, 1.165) is 12.0 Å². The van der Waals surface area contributed by atoms with Crippen LogP contribution in [0.5, 0.6) is 0 Å². The van der Waals surface area contributed by atoms with Crippen LogP contribution in [0.3, 0.4) is 0 Å². The molecule has 0 aromatic rings. The zero-order valence-electron chi connectivity index (χ0n) is 10.3. The van der Waals surface area contributed by atoms with Gasteiger partial charge in [-0.3, -0.25) is 0 Å². The molecule has 1 heterocycles. The van der Waals surface area contributed by atoms with Gasteiger partial charge in [0.1, 0.15) is 0 Å². The van der Waals surface area contributed by atoms with E-state index < -0.39 is 0 Å². The first-order chi connectivity index (χ1) is 6.63. The highest BCUT2D eigenvalue weighted by molar-refractivity contribution is 4.78. The summed E-state index contributed by atoms with van der Waals surface area (Å²) >= 11 is 0. The summed E-state index contributed by atoms with van der Waals surface area (Å²) in [5.74, 6) is 0.801. The molecule has 0 aromatic heterocycles. The van der Waals surface area contributed by atoms with Gasteiger partial charge in [-0.2, -0.15) is 0 Å². The van der Waals surface area contributed by atoms with Gasteiger partial charge in [-0.15, -0.1) is 0 Å². The Bertz CT molecular complexity index is 148. The van der Waals surface area contributed by atoms with Crippen LogP contribution in [0.15, 0.2) is 0 Å². The van der Waals surface area contributed by atoms with Gasteiger partial charge in [0, 0.05) is 12.6 Å². The van der Waals surface area contributed by atoms with Gasteiger partial charge in [0.05, 0.1) is 0 Å². The predicted octanol–water partition coefficient (Wildman–Crippen LogP) is 2.06. The van der Waals surface area contributed by atoms with Crippen LogP contribution in [0.2, 0.25) is 0 Å². The topological polar surface area (TPSA) is 6.48 Å². The van der Waals surface area contributed by atoms with Crippen LogP contribution in [0.25, 0.3) is 0 Å². The lowest BCUT2D eigenvalue weighted by atomic mass is 10.0. The monoisotopic (exact) mass is 198 g/mol. The van der Waals surface area contributed by atoms with Gasteiger partial charge >= 0.3 is 0 Å². The van der Waals surface area contributed by atoms with Crippen LogP contribution < -0.4 is 0 Å². The molecular formula is C12H26N2. The molecule has 0 unspecified atom stereocenters. The lowest BCUT2D eigenvalue weighted by Crippen LogP contribution is -2.44. The van der Waals surface area contributed by atoms with Crippen LogP contribution in [-0.2, 0) is 0 Å². The fraction of sp³-hybridized carbons (Fsp3) is 1.00. The first-order valence-corrected chi connectivity index (χ1v) is 6.06. The molecule has 0 N–H and O–H groups in total. The zero-order chi connectivity index (χ0) is 10.6. The number of piperidine rings is 1. The number of rotatable bonds is 4. The molecule has 84 valence electrons. The highest BCUT2D eigenvalue weighted by Gasteiger charge is 2.22. The molecule has 14 heavy (non-hydrogen) atoms. The Hall–Kier alpha value is -0.0800. The summed E-state index contributed by atoms with van der Waals surface area (Å²) in [5.41, 5.74) is 0. The Balaban J connectivity index is 2.36. The van der Waals surface area contributed by atoms with E-state index in [-0.39, 0.29) is 0 Å². The predicted molar refractivity (Wildman–Crippen MR) is 62.6 cm³/mol. The van der Waals surface area contributed by atoms with Gasteiger partial charge in [0.15, 0.2) is 0 Å². The second-order valence-corrected chi connectivity index (χ2v) is 5.02. The fourth-order valence-electron chi connectivity index (χ4n) is 2.37. The summed E-state index contributed by atoms with van der Waals surface area (Å²) in [7, 11) is 2.23. The fourth-order valence-corrected chi connectivity index (χ4v) is 2.37. The van der Waals surface area contributed by atoms with Crippen molar-refractivity contribution in [3.8, 4) is 0 Å². The van der Waals surface area contributed by atoms with Crippen molar-refractivity contribution in [1.82, 2.24) is 9.80 Å². The highest BCUT2D eigenvalue weighted by atomic mass is 15.2. The summed E-state index contributed by atoms with van der Waals surface area (Å²) in [5, 5.41) is 0. The van der Waals surface area contributed by atoms with E-state index in [1.54, 1.807) is 0 Å². The second-order valence-electron chi connectivity index (χ2n) is 5.02. The minimum Gasteiger partial charge on any atom is -0.306 e. The lowest BCUT2D eigenvalue weighted by Gasteiger charge is -2.37. The van der Waals surface area contributed by atoms with Gasteiger partial charge in [0.2, 0.25) is 0 Å². The van der Waals surface area contributed by atoms with Crippen molar-refractivity contribution < 1.29 is 0 Å². The van der Waals surface area contributed by atoms with Gasteiger partial charge in [-0.05, 0) is 45.4 Å². The van der Waals surface area contributed by atoms with Crippen LogP contribution in [0, 0.1) is 5.92 Å². The quantitative estimate of drug-likeness (QED) is 0.682. The molecular weight excluding hydrogens is 172 g/mol. The third kappa shape index (κ3) is 3.58. The van der Waals surface area contributed by atoms with Crippen LogP contribution in [0.4, 0.5) is 0 Å². The van der Waals surface area contributed by atoms with E-state index in [0.29, 0.717) is 0 Å². The summed E-state index contributed by atoms with van der Waals surface area (Å²) in [6.45, 7) is 12.0. The number of hydrogen-bond donors (Lipinski definition) is 0. The molecule has 0 saturated carbocycles. The van der Waals surface area contributed by atoms with Crippen molar-refractivity contribution in [2.45, 2.75) is 39.7 Å². The van der Waals surface area contributed by atoms with Crippen LogP contribution in [-0.4, -0.2) is 49.1 Å². The van der Waals surface area contributed by atoms with Gasteiger partial charge in [0.25, 0.3) is 0 Å². The Kier molecular flexibility index (Phi) is 4.90. The van der Waals surface area contributed by atoms with Crippen molar-refractivity contribution in [3.63, 3.8) is 0 Å². The van der Waals surface area contributed by atoms with Crippen molar-refractivity contribution in [3.05, 3.63) is 0 Å². The number of likely N-dealkylation sites (tertiary alicyclic amines) is 1. The molecule has 0 aliphatic carbocycles. The molecule has 0 bridgehead atoms. The van der Waals surface area contributed by atoms with Crippen molar-refractivity contribution in [2.24, 2.45) is 5.92 Å². The number of hydrogen-bond acceptors (Lipinski definition) is 2. The molecule has 1 saturated heterocycles. The summed E-state index contributed by atoms with van der Waals surface area (Å²) in [4.78, 5) is 5.11. The molecule has 1 rings (SSSR count). The first-order valence-electron chi connectivity index (χ1n) is 6.06. The molecule has 0 aromatic carbocycles.